The molecule has 160 valence electrons. The van der Waals surface area contributed by atoms with Gasteiger partial charge in [0, 0.05) is 24.0 Å². The van der Waals surface area contributed by atoms with Gasteiger partial charge in [-0.05, 0) is 36.6 Å². The summed E-state index contributed by atoms with van der Waals surface area (Å²) in [5.41, 5.74) is 5.26. The second-order valence-electron chi connectivity index (χ2n) is 6.79. The molecule has 0 aromatic carbocycles. The van der Waals surface area contributed by atoms with Crippen molar-refractivity contribution >= 4 is 52.3 Å². The first-order valence-corrected chi connectivity index (χ1v) is 9.99. The molecule has 0 saturated carbocycles. The molecule has 2 amide bonds. The molecule has 2 aromatic heterocycles. The molecule has 4 N–H and O–H groups in total. The first-order valence-electron chi connectivity index (χ1n) is 9.23. The van der Waals surface area contributed by atoms with E-state index in [-0.39, 0.29) is 16.2 Å². The van der Waals surface area contributed by atoms with Gasteiger partial charge in [0.15, 0.2) is 0 Å². The molecule has 0 radical (unpaired) electrons. The molecule has 0 unspecified atom stereocenters. The third-order valence-corrected chi connectivity index (χ3v) is 4.50. The molecule has 0 aliphatic carbocycles. The number of carbonyl (C=O) groups excluding carboxylic acids is 1. The van der Waals surface area contributed by atoms with E-state index in [0.717, 1.165) is 11.1 Å². The summed E-state index contributed by atoms with van der Waals surface area (Å²) in [7, 11) is 1.75. The predicted octanol–water partition coefficient (Wildman–Crippen LogP) is 5.07. The number of aromatic nitrogens is 2. The predicted molar refractivity (Wildman–Crippen MR) is 124 cm³/mol. The minimum Gasteiger partial charge on any atom is -0.373 e. The zero-order valence-electron chi connectivity index (χ0n) is 17.3. The zero-order valence-corrected chi connectivity index (χ0v) is 18.8. The van der Waals surface area contributed by atoms with Crippen LogP contribution in [-0.2, 0) is 0 Å². The SMILES string of the molecule is C=CCN(NC(=O)Nc1cc(Cl)nc(Cl)c1)c1cc(C(C)C)c(C(C)=N)c(NC)n1. The molecule has 0 atom stereocenters. The van der Waals surface area contributed by atoms with Gasteiger partial charge in [0.1, 0.15) is 21.9 Å². The highest BCUT2D eigenvalue weighted by Gasteiger charge is 2.20. The molecular formula is C20H25Cl2N7O. The molecule has 0 bridgehead atoms. The molecule has 2 heterocycles. The Morgan fingerprint density at radius 3 is 2.40 bits per heavy atom. The van der Waals surface area contributed by atoms with Crippen LogP contribution in [0.2, 0.25) is 10.3 Å². The van der Waals surface area contributed by atoms with Gasteiger partial charge in [-0.3, -0.25) is 5.01 Å². The molecule has 0 aliphatic rings. The number of hydrazine groups is 1. The fraction of sp³-hybridized carbons (Fsp3) is 0.300. The molecule has 2 rings (SSSR count). The van der Waals surface area contributed by atoms with Crippen LogP contribution in [-0.4, -0.2) is 35.3 Å². The highest BCUT2D eigenvalue weighted by Crippen LogP contribution is 2.29. The summed E-state index contributed by atoms with van der Waals surface area (Å²) in [6.07, 6.45) is 1.64. The minimum absolute atomic E-state index is 0.148. The van der Waals surface area contributed by atoms with Crippen molar-refractivity contribution in [2.24, 2.45) is 0 Å². The lowest BCUT2D eigenvalue weighted by atomic mass is 9.95. The van der Waals surface area contributed by atoms with Gasteiger partial charge in [0.05, 0.1) is 6.54 Å². The van der Waals surface area contributed by atoms with Gasteiger partial charge in [-0.15, -0.1) is 6.58 Å². The number of rotatable bonds is 8. The van der Waals surface area contributed by atoms with Crippen LogP contribution >= 0.6 is 23.2 Å². The number of amides is 2. The number of nitrogens with one attached hydrogen (secondary N) is 4. The summed E-state index contributed by atoms with van der Waals surface area (Å²) in [5.74, 6) is 1.22. The second-order valence-corrected chi connectivity index (χ2v) is 7.56. The van der Waals surface area contributed by atoms with Crippen molar-refractivity contribution in [1.82, 2.24) is 15.4 Å². The van der Waals surface area contributed by atoms with Gasteiger partial charge >= 0.3 is 6.03 Å². The van der Waals surface area contributed by atoms with E-state index in [1.807, 2.05) is 19.9 Å². The molecular weight excluding hydrogens is 425 g/mol. The Bertz CT molecular complexity index is 942. The van der Waals surface area contributed by atoms with Gasteiger partial charge < -0.3 is 16.0 Å². The summed E-state index contributed by atoms with van der Waals surface area (Å²) in [4.78, 5) is 21.0. The van der Waals surface area contributed by atoms with Crippen molar-refractivity contribution in [3.05, 3.63) is 52.3 Å². The molecule has 0 aliphatic heterocycles. The smallest absolute Gasteiger partial charge is 0.338 e. The minimum atomic E-state index is -0.513. The van der Waals surface area contributed by atoms with Crippen LogP contribution in [0.25, 0.3) is 0 Å². The maximum Gasteiger partial charge on any atom is 0.338 e. The van der Waals surface area contributed by atoms with Crippen LogP contribution in [0.15, 0.2) is 30.9 Å². The average molecular weight is 450 g/mol. The van der Waals surface area contributed by atoms with Crippen molar-refractivity contribution in [2.75, 3.05) is 29.2 Å². The number of halogens is 2. The lowest BCUT2D eigenvalue weighted by Gasteiger charge is -2.26. The van der Waals surface area contributed by atoms with Crippen LogP contribution in [0.5, 0.6) is 0 Å². The number of pyridine rings is 2. The van der Waals surface area contributed by atoms with Gasteiger partial charge in [0.2, 0.25) is 0 Å². The molecule has 2 aromatic rings. The number of carbonyl (C=O) groups is 1. The van der Waals surface area contributed by atoms with Gasteiger partial charge in [0.25, 0.3) is 0 Å². The molecule has 0 saturated heterocycles. The van der Waals surface area contributed by atoms with Crippen LogP contribution < -0.4 is 21.1 Å². The van der Waals surface area contributed by atoms with E-state index >= 15 is 0 Å². The van der Waals surface area contributed by atoms with E-state index in [2.05, 4.69) is 32.6 Å². The Balaban J connectivity index is 2.37. The van der Waals surface area contributed by atoms with Gasteiger partial charge in [-0.25, -0.2) is 20.2 Å². The summed E-state index contributed by atoms with van der Waals surface area (Å²) in [5, 5.41) is 15.7. The van der Waals surface area contributed by atoms with Crippen molar-refractivity contribution in [2.45, 2.75) is 26.7 Å². The zero-order chi connectivity index (χ0) is 22.4. The van der Waals surface area contributed by atoms with Crippen LogP contribution in [0.1, 0.15) is 37.8 Å². The Labute approximate surface area is 186 Å². The third kappa shape index (κ3) is 5.84. The normalized spacial score (nSPS) is 10.5. The van der Waals surface area contributed by atoms with Crippen LogP contribution in [0.4, 0.5) is 22.1 Å². The summed E-state index contributed by atoms with van der Waals surface area (Å²) < 4.78 is 0. The lowest BCUT2D eigenvalue weighted by Crippen LogP contribution is -2.45. The van der Waals surface area contributed by atoms with E-state index in [0.29, 0.717) is 29.6 Å². The van der Waals surface area contributed by atoms with E-state index in [9.17, 15) is 4.79 Å². The molecule has 10 heteroatoms. The number of urea groups is 1. The molecule has 8 nitrogen and oxygen atoms in total. The third-order valence-electron chi connectivity index (χ3n) is 4.12. The van der Waals surface area contributed by atoms with E-state index in [1.165, 1.54) is 12.1 Å². The van der Waals surface area contributed by atoms with E-state index in [4.69, 9.17) is 28.6 Å². The topological polar surface area (TPSA) is 106 Å². The number of hydrogen-bond acceptors (Lipinski definition) is 6. The fourth-order valence-corrected chi connectivity index (χ4v) is 3.32. The van der Waals surface area contributed by atoms with Crippen molar-refractivity contribution in [3.8, 4) is 0 Å². The van der Waals surface area contributed by atoms with Crippen LogP contribution in [0.3, 0.4) is 0 Å². The van der Waals surface area contributed by atoms with E-state index < -0.39 is 6.03 Å². The monoisotopic (exact) mass is 449 g/mol. The summed E-state index contributed by atoms with van der Waals surface area (Å²) in [6, 6.07) is 4.33. The maximum absolute atomic E-state index is 12.6. The lowest BCUT2D eigenvalue weighted by molar-refractivity contribution is 0.251. The van der Waals surface area contributed by atoms with Gasteiger partial charge in [-0.1, -0.05) is 43.1 Å². The van der Waals surface area contributed by atoms with E-state index in [1.54, 1.807) is 25.1 Å². The Hall–Kier alpha value is -2.84. The highest BCUT2D eigenvalue weighted by molar-refractivity contribution is 6.33. The molecule has 0 fully saturated rings. The Morgan fingerprint density at radius 1 is 1.27 bits per heavy atom. The largest absolute Gasteiger partial charge is 0.373 e. The maximum atomic E-state index is 12.6. The molecule has 30 heavy (non-hydrogen) atoms. The first-order chi connectivity index (χ1) is 14.2. The van der Waals surface area contributed by atoms with Crippen LogP contribution in [0, 0.1) is 5.41 Å². The number of nitrogens with zero attached hydrogens (tertiary/aromatic N) is 3. The Kier molecular flexibility index (Phi) is 8.02. The quantitative estimate of drug-likeness (QED) is 0.195. The second kappa shape index (κ2) is 10.3. The standard InChI is InChI=1S/C20H25Cl2N7O/c1-6-7-29(28-20(30)25-13-8-15(21)26-16(22)9-13)17-10-14(11(2)3)18(12(4)23)19(24-5)27-17/h6,8-11,23H,1,7H2,2-5H3,(H,24,27)(H2,25,26,28,30). The summed E-state index contributed by atoms with van der Waals surface area (Å²) in [6.45, 7) is 9.87. The average Bonchev–Trinajstić information content (AvgIpc) is 2.65. The summed E-state index contributed by atoms with van der Waals surface area (Å²) >= 11 is 11.8. The number of anilines is 3. The van der Waals surface area contributed by atoms with Crippen molar-refractivity contribution in [1.29, 1.82) is 5.41 Å². The first kappa shape index (κ1) is 23.4. The Morgan fingerprint density at radius 2 is 1.90 bits per heavy atom. The molecule has 0 spiro atoms. The highest BCUT2D eigenvalue weighted by atomic mass is 35.5. The van der Waals surface area contributed by atoms with Crippen molar-refractivity contribution < 1.29 is 4.79 Å². The number of hydrogen-bond donors (Lipinski definition) is 4. The van der Waals surface area contributed by atoms with Crippen molar-refractivity contribution in [3.63, 3.8) is 0 Å². The van der Waals surface area contributed by atoms with Gasteiger partial charge in [-0.2, -0.15) is 0 Å². The fourth-order valence-electron chi connectivity index (χ4n) is 2.86.